The Morgan fingerprint density at radius 2 is 1.41 bits per heavy atom. The highest BCUT2D eigenvalue weighted by Gasteiger charge is 2.67. The number of benzene rings is 3. The fourth-order valence-electron chi connectivity index (χ4n) is 5.14. The van der Waals surface area contributed by atoms with Crippen LogP contribution in [0, 0.1) is 23.4 Å². The zero-order valence-electron chi connectivity index (χ0n) is 28.4. The first-order valence-electron chi connectivity index (χ1n) is 15.2. The van der Waals surface area contributed by atoms with Crippen molar-refractivity contribution in [2.24, 2.45) is 5.92 Å². The number of anilines is 2. The molecule has 3 aromatic carbocycles. The van der Waals surface area contributed by atoms with Gasteiger partial charge in [0.15, 0.2) is 17.4 Å². The van der Waals surface area contributed by atoms with Crippen molar-refractivity contribution in [1.82, 2.24) is 0 Å². The third-order valence-electron chi connectivity index (χ3n) is 7.33. The van der Waals surface area contributed by atoms with E-state index in [2.05, 4.69) is 5.32 Å². The molecule has 0 aromatic heterocycles. The highest BCUT2D eigenvalue weighted by molar-refractivity contribution is 6.53. The third kappa shape index (κ3) is 9.03. The number of nitrogens with one attached hydrogen (secondary N) is 1. The summed E-state index contributed by atoms with van der Waals surface area (Å²) < 4.78 is 59.3. The van der Waals surface area contributed by atoms with Crippen LogP contribution in [0.5, 0.6) is 5.75 Å². The van der Waals surface area contributed by atoms with Gasteiger partial charge in [-0.25, -0.2) is 22.8 Å². The van der Waals surface area contributed by atoms with Gasteiger partial charge in [0, 0.05) is 18.0 Å². The molecule has 1 fully saturated rings. The van der Waals surface area contributed by atoms with Crippen LogP contribution in [0.2, 0.25) is 10.0 Å². The van der Waals surface area contributed by atoms with E-state index in [1.807, 2.05) is 0 Å². The van der Waals surface area contributed by atoms with E-state index < -0.39 is 86.4 Å². The van der Waals surface area contributed by atoms with E-state index in [-0.39, 0.29) is 31.9 Å². The van der Waals surface area contributed by atoms with Crippen molar-refractivity contribution in [3.05, 3.63) is 86.7 Å². The Balaban J connectivity index is 1.66. The zero-order valence-corrected chi connectivity index (χ0v) is 31.4. The van der Waals surface area contributed by atoms with Crippen molar-refractivity contribution in [1.29, 1.82) is 0 Å². The van der Waals surface area contributed by atoms with Crippen LogP contribution in [0.1, 0.15) is 68.9 Å². The molecule has 0 aliphatic heterocycles. The summed E-state index contributed by atoms with van der Waals surface area (Å²) in [7, 11) is 1.23. The van der Waals surface area contributed by atoms with Crippen LogP contribution in [-0.4, -0.2) is 46.5 Å². The van der Waals surface area contributed by atoms with Gasteiger partial charge in [-0.05, 0) is 83.0 Å². The van der Waals surface area contributed by atoms with Crippen LogP contribution in [0.15, 0.2) is 42.5 Å². The monoisotopic (exact) mass is 790 g/mol. The standard InChI is InChI=1S/C35H33Cl4F3N2O7/c1-33(2,3)50-31(47)44(32(48)51-34(4,5)6)28-23(41)11-9-17(27(28)42)13-24(45)19-14-18(15-21(37)29(19)49-7)43-30(46)26-25(35(26,38)39)16-8-10-22(40)20(36)12-16/h8-12,14-15,25-26H,13H2,1-7H3,(H,43,46). The van der Waals surface area contributed by atoms with Crippen molar-refractivity contribution in [3.63, 3.8) is 0 Å². The first-order chi connectivity index (χ1) is 23.5. The summed E-state index contributed by atoms with van der Waals surface area (Å²) in [6.45, 7) is 8.92. The summed E-state index contributed by atoms with van der Waals surface area (Å²) in [4.78, 5) is 53.3. The van der Waals surface area contributed by atoms with Gasteiger partial charge in [0.05, 0.1) is 28.6 Å². The number of carbonyl (C=O) groups excluding carboxylic acids is 4. The minimum atomic E-state index is -1.57. The van der Waals surface area contributed by atoms with E-state index in [4.69, 9.17) is 60.6 Å². The van der Waals surface area contributed by atoms with Gasteiger partial charge in [0.25, 0.3) is 0 Å². The fraction of sp³-hybridized carbons (Fsp3) is 0.371. The predicted octanol–water partition coefficient (Wildman–Crippen LogP) is 10.0. The molecule has 1 saturated carbocycles. The maximum Gasteiger partial charge on any atom is 0.424 e. The molecule has 1 aliphatic rings. The molecule has 1 N–H and O–H groups in total. The van der Waals surface area contributed by atoms with Crippen molar-refractivity contribution in [2.75, 3.05) is 17.3 Å². The largest absolute Gasteiger partial charge is 0.494 e. The fourth-order valence-corrected chi connectivity index (χ4v) is 6.45. The van der Waals surface area contributed by atoms with E-state index in [9.17, 15) is 23.6 Å². The van der Waals surface area contributed by atoms with Crippen molar-refractivity contribution < 1.29 is 46.6 Å². The Morgan fingerprint density at radius 3 is 1.94 bits per heavy atom. The number of hydrogen-bond donors (Lipinski definition) is 1. The van der Waals surface area contributed by atoms with Crippen LogP contribution in [0.4, 0.5) is 34.1 Å². The average Bonchev–Trinajstić information content (AvgIpc) is 3.57. The molecule has 0 saturated heterocycles. The summed E-state index contributed by atoms with van der Waals surface area (Å²) >= 11 is 25.1. The Kier molecular flexibility index (Phi) is 11.6. The van der Waals surface area contributed by atoms with E-state index in [0.29, 0.717) is 5.56 Å². The number of methoxy groups -OCH3 is 1. The number of amides is 3. The zero-order chi connectivity index (χ0) is 38.4. The van der Waals surface area contributed by atoms with Gasteiger partial charge in [0.1, 0.15) is 32.8 Å². The van der Waals surface area contributed by atoms with Crippen molar-refractivity contribution in [2.45, 2.75) is 69.4 Å². The van der Waals surface area contributed by atoms with Crippen LogP contribution >= 0.6 is 46.4 Å². The molecular weight excluding hydrogens is 759 g/mol. The van der Waals surface area contributed by atoms with Gasteiger partial charge in [-0.1, -0.05) is 35.3 Å². The highest BCUT2D eigenvalue weighted by atomic mass is 35.5. The molecule has 51 heavy (non-hydrogen) atoms. The summed E-state index contributed by atoms with van der Waals surface area (Å²) in [6.07, 6.45) is -3.59. The van der Waals surface area contributed by atoms with Crippen LogP contribution in [0.3, 0.4) is 0 Å². The van der Waals surface area contributed by atoms with Gasteiger partial charge in [-0.2, -0.15) is 4.90 Å². The summed E-state index contributed by atoms with van der Waals surface area (Å²) in [5.74, 6) is -6.75. The van der Waals surface area contributed by atoms with Crippen LogP contribution in [-0.2, 0) is 20.7 Å². The molecule has 0 heterocycles. The average molecular weight is 792 g/mol. The number of ether oxygens (including phenoxy) is 3. The topological polar surface area (TPSA) is 111 Å². The number of halogens is 7. The number of hydrogen-bond acceptors (Lipinski definition) is 7. The number of Topliss-reactive ketones (excluding diaryl/α,β-unsaturated/α-hetero) is 1. The molecule has 0 radical (unpaired) electrons. The normalized spacial score (nSPS) is 16.6. The van der Waals surface area contributed by atoms with E-state index in [1.54, 1.807) is 0 Å². The SMILES string of the molecule is COc1c(Cl)cc(NC(=O)C2C(c3ccc(F)c(Cl)c3)C2(Cl)Cl)cc1C(=O)Cc1ccc(F)c(N(C(=O)OC(C)(C)C)C(=O)OC(C)(C)C)c1F. The summed E-state index contributed by atoms with van der Waals surface area (Å²) in [5.41, 5.74) is -3.65. The number of nitrogens with zero attached hydrogens (tertiary/aromatic N) is 1. The van der Waals surface area contributed by atoms with E-state index >= 15 is 8.78 Å². The highest BCUT2D eigenvalue weighted by Crippen LogP contribution is 2.65. The second-order valence-corrected chi connectivity index (χ2v) is 15.9. The maximum absolute atomic E-state index is 16.1. The quantitative estimate of drug-likeness (QED) is 0.179. The van der Waals surface area contributed by atoms with Crippen molar-refractivity contribution >= 4 is 81.7 Å². The lowest BCUT2D eigenvalue weighted by Crippen LogP contribution is -2.44. The first-order valence-corrected chi connectivity index (χ1v) is 16.7. The second-order valence-electron chi connectivity index (χ2n) is 13.6. The Morgan fingerprint density at radius 1 is 0.843 bits per heavy atom. The predicted molar refractivity (Wildman–Crippen MR) is 188 cm³/mol. The number of imide groups is 1. The number of rotatable bonds is 8. The van der Waals surface area contributed by atoms with Crippen LogP contribution < -0.4 is 15.0 Å². The van der Waals surface area contributed by atoms with E-state index in [0.717, 1.165) is 18.2 Å². The minimum absolute atomic E-state index is 0.0161. The van der Waals surface area contributed by atoms with Crippen LogP contribution in [0.25, 0.3) is 0 Å². The molecule has 1 aliphatic carbocycles. The van der Waals surface area contributed by atoms with Gasteiger partial charge < -0.3 is 19.5 Å². The number of ketones is 1. The van der Waals surface area contributed by atoms with Gasteiger partial charge in [-0.15, -0.1) is 23.2 Å². The molecule has 9 nitrogen and oxygen atoms in total. The van der Waals surface area contributed by atoms with E-state index in [1.165, 1.54) is 72.9 Å². The minimum Gasteiger partial charge on any atom is -0.494 e. The number of alkyl halides is 2. The summed E-state index contributed by atoms with van der Waals surface area (Å²) in [5, 5.41) is 2.31. The van der Waals surface area contributed by atoms with Gasteiger partial charge in [-0.3, -0.25) is 9.59 Å². The second kappa shape index (κ2) is 14.7. The Labute approximate surface area is 312 Å². The Hall–Kier alpha value is -3.71. The Bertz CT molecular complexity index is 1880. The number of carbonyl (C=O) groups is 4. The third-order valence-corrected chi connectivity index (χ3v) is 8.84. The molecular formula is C35H33Cl4F3N2O7. The molecule has 3 aromatic rings. The summed E-state index contributed by atoms with van der Waals surface area (Å²) in [6, 6.07) is 8.09. The molecule has 3 amide bonds. The first kappa shape index (κ1) is 40.1. The van der Waals surface area contributed by atoms with Gasteiger partial charge >= 0.3 is 12.2 Å². The lowest BCUT2D eigenvalue weighted by Gasteiger charge is -2.29. The molecule has 2 atom stereocenters. The molecule has 0 spiro atoms. The van der Waals surface area contributed by atoms with Crippen molar-refractivity contribution in [3.8, 4) is 5.75 Å². The molecule has 4 rings (SSSR count). The molecule has 16 heteroatoms. The van der Waals surface area contributed by atoms with Gasteiger partial charge in [0.2, 0.25) is 5.91 Å². The molecule has 274 valence electrons. The lowest BCUT2D eigenvalue weighted by atomic mass is 10.00. The molecule has 0 bridgehead atoms. The smallest absolute Gasteiger partial charge is 0.424 e. The molecule has 2 unspecified atom stereocenters. The lowest BCUT2D eigenvalue weighted by molar-refractivity contribution is -0.117. The maximum atomic E-state index is 16.1.